The molecular weight excluding hydrogens is 268 g/mol. The maximum absolute atomic E-state index is 13.4. The average Bonchev–Trinajstić information content (AvgIpc) is 2.34. The van der Waals surface area contributed by atoms with Gasteiger partial charge in [-0.15, -0.1) is 0 Å². The van der Waals surface area contributed by atoms with Gasteiger partial charge in [0.25, 0.3) is 0 Å². The Morgan fingerprint density at radius 1 is 1.00 bits per heavy atom. The van der Waals surface area contributed by atoms with Gasteiger partial charge in [0.15, 0.2) is 29.1 Å². The first-order chi connectivity index (χ1) is 8.81. The van der Waals surface area contributed by atoms with Crippen LogP contribution in [0, 0.1) is 30.2 Å². The molecule has 0 heterocycles. The third-order valence-electron chi connectivity index (χ3n) is 2.39. The normalized spacial score (nSPS) is 10.4. The number of ketones is 1. The number of hydrogen-bond acceptors (Lipinski definition) is 3. The van der Waals surface area contributed by atoms with Crippen LogP contribution in [0.1, 0.15) is 29.3 Å². The second-order valence-electron chi connectivity index (χ2n) is 3.66. The van der Waals surface area contributed by atoms with Crippen molar-refractivity contribution in [1.82, 2.24) is 0 Å². The Morgan fingerprint density at radius 3 is 2.05 bits per heavy atom. The number of Topliss-reactive ketones (excluding diaryl/α,β-unsaturated/α-hetero) is 1. The summed E-state index contributed by atoms with van der Waals surface area (Å²) in [7, 11) is 0. The van der Waals surface area contributed by atoms with Crippen molar-refractivity contribution in [2.45, 2.75) is 20.3 Å². The van der Waals surface area contributed by atoms with E-state index in [9.17, 15) is 27.2 Å². The smallest absolute Gasteiger partial charge is 0.313 e. The fraction of sp³-hybridized carbons (Fsp3) is 0.333. The lowest BCUT2D eigenvalue weighted by atomic mass is 10.0. The summed E-state index contributed by atoms with van der Waals surface area (Å²) in [5.41, 5.74) is -1.67. The van der Waals surface area contributed by atoms with Gasteiger partial charge in [-0.25, -0.2) is 17.6 Å². The Bertz CT molecular complexity index is 511. The highest BCUT2D eigenvalue weighted by atomic mass is 19.2. The van der Waals surface area contributed by atoms with Crippen molar-refractivity contribution in [3.05, 3.63) is 34.4 Å². The van der Waals surface area contributed by atoms with Crippen LogP contribution in [0.4, 0.5) is 17.6 Å². The van der Waals surface area contributed by atoms with Crippen LogP contribution in [0.25, 0.3) is 0 Å². The lowest BCUT2D eigenvalue weighted by Gasteiger charge is -2.09. The molecule has 0 amide bonds. The standard InChI is InChI=1S/C12H10F4O3/c1-3-19-7(18)4-6(17)8-5(2)9(13)11(15)12(16)10(8)14/h3-4H2,1-2H3. The zero-order chi connectivity index (χ0) is 14.7. The lowest BCUT2D eigenvalue weighted by Crippen LogP contribution is -2.16. The summed E-state index contributed by atoms with van der Waals surface area (Å²) in [6.07, 6.45) is -0.879. The van der Waals surface area contributed by atoms with Crippen molar-refractivity contribution in [1.29, 1.82) is 0 Å². The van der Waals surface area contributed by atoms with Gasteiger partial charge in [-0.3, -0.25) is 9.59 Å². The van der Waals surface area contributed by atoms with E-state index in [2.05, 4.69) is 4.74 Å². The van der Waals surface area contributed by atoms with Gasteiger partial charge in [0, 0.05) is 5.56 Å². The van der Waals surface area contributed by atoms with E-state index in [4.69, 9.17) is 0 Å². The second kappa shape index (κ2) is 5.81. The van der Waals surface area contributed by atoms with E-state index in [-0.39, 0.29) is 6.61 Å². The molecule has 0 aliphatic carbocycles. The second-order valence-corrected chi connectivity index (χ2v) is 3.66. The first-order valence-electron chi connectivity index (χ1n) is 5.32. The van der Waals surface area contributed by atoms with E-state index in [0.717, 1.165) is 6.92 Å². The van der Waals surface area contributed by atoms with E-state index < -0.39 is 52.6 Å². The SMILES string of the molecule is CCOC(=O)CC(=O)c1c(C)c(F)c(F)c(F)c1F. The Hall–Kier alpha value is -1.92. The molecule has 0 spiro atoms. The zero-order valence-electron chi connectivity index (χ0n) is 10.2. The highest BCUT2D eigenvalue weighted by Crippen LogP contribution is 2.24. The van der Waals surface area contributed by atoms with Crippen LogP contribution in [0.15, 0.2) is 0 Å². The van der Waals surface area contributed by atoms with Crippen molar-refractivity contribution in [2.75, 3.05) is 6.61 Å². The lowest BCUT2D eigenvalue weighted by molar-refractivity contribution is -0.141. The molecule has 0 bridgehead atoms. The van der Waals surface area contributed by atoms with E-state index in [1.165, 1.54) is 6.92 Å². The topological polar surface area (TPSA) is 43.4 Å². The molecule has 0 aromatic heterocycles. The van der Waals surface area contributed by atoms with Crippen molar-refractivity contribution in [2.24, 2.45) is 0 Å². The first kappa shape index (κ1) is 15.1. The van der Waals surface area contributed by atoms with Crippen LogP contribution in [0.2, 0.25) is 0 Å². The monoisotopic (exact) mass is 278 g/mol. The largest absolute Gasteiger partial charge is 0.466 e. The highest BCUT2D eigenvalue weighted by Gasteiger charge is 2.28. The third kappa shape index (κ3) is 2.91. The number of halogens is 4. The summed E-state index contributed by atoms with van der Waals surface area (Å²) >= 11 is 0. The molecule has 0 unspecified atom stereocenters. The van der Waals surface area contributed by atoms with E-state index in [1.54, 1.807) is 0 Å². The molecular formula is C12H10F4O3. The maximum Gasteiger partial charge on any atom is 0.313 e. The summed E-state index contributed by atoms with van der Waals surface area (Å²) in [5.74, 6) is -9.70. The summed E-state index contributed by atoms with van der Waals surface area (Å²) in [6, 6.07) is 0. The number of hydrogen-bond donors (Lipinski definition) is 0. The molecule has 0 fully saturated rings. The minimum atomic E-state index is -2.09. The molecule has 0 aliphatic heterocycles. The fourth-order valence-corrected chi connectivity index (χ4v) is 1.50. The minimum Gasteiger partial charge on any atom is -0.466 e. The summed E-state index contributed by atoms with van der Waals surface area (Å²) < 4.78 is 57.0. The minimum absolute atomic E-state index is 0.000280. The molecule has 3 nitrogen and oxygen atoms in total. The number of carbonyl (C=O) groups is 2. The van der Waals surface area contributed by atoms with E-state index in [1.807, 2.05) is 0 Å². The Kier molecular flexibility index (Phi) is 4.63. The van der Waals surface area contributed by atoms with Gasteiger partial charge in [-0.1, -0.05) is 0 Å². The summed E-state index contributed by atoms with van der Waals surface area (Å²) in [5, 5.41) is 0. The van der Waals surface area contributed by atoms with Gasteiger partial charge in [-0.2, -0.15) is 0 Å². The molecule has 1 rings (SSSR count). The van der Waals surface area contributed by atoms with Gasteiger partial charge >= 0.3 is 5.97 Å². The van der Waals surface area contributed by atoms with Crippen LogP contribution in [0.5, 0.6) is 0 Å². The molecule has 19 heavy (non-hydrogen) atoms. The number of rotatable bonds is 4. The van der Waals surface area contributed by atoms with E-state index in [0.29, 0.717) is 0 Å². The Balaban J connectivity index is 3.21. The van der Waals surface area contributed by atoms with Crippen molar-refractivity contribution < 1.29 is 31.9 Å². The predicted molar refractivity (Wildman–Crippen MR) is 56.6 cm³/mol. The van der Waals surface area contributed by atoms with Crippen LogP contribution in [-0.4, -0.2) is 18.4 Å². The maximum atomic E-state index is 13.4. The first-order valence-corrected chi connectivity index (χ1v) is 5.32. The van der Waals surface area contributed by atoms with Gasteiger partial charge in [0.2, 0.25) is 0 Å². The number of benzene rings is 1. The number of carbonyl (C=O) groups excluding carboxylic acids is 2. The van der Waals surface area contributed by atoms with Crippen LogP contribution >= 0.6 is 0 Å². The summed E-state index contributed by atoms with van der Waals surface area (Å²) in [4.78, 5) is 22.6. The number of esters is 1. The van der Waals surface area contributed by atoms with Gasteiger partial charge in [0.05, 0.1) is 12.2 Å². The number of ether oxygens (including phenoxy) is 1. The van der Waals surface area contributed by atoms with Crippen molar-refractivity contribution in [3.8, 4) is 0 Å². The average molecular weight is 278 g/mol. The zero-order valence-corrected chi connectivity index (χ0v) is 10.2. The molecule has 0 radical (unpaired) electrons. The van der Waals surface area contributed by atoms with E-state index >= 15 is 0 Å². The van der Waals surface area contributed by atoms with Gasteiger partial charge in [0.1, 0.15) is 6.42 Å². The molecule has 0 aliphatic rings. The Morgan fingerprint density at radius 2 is 1.53 bits per heavy atom. The molecule has 0 atom stereocenters. The van der Waals surface area contributed by atoms with Crippen LogP contribution < -0.4 is 0 Å². The molecule has 7 heteroatoms. The molecule has 0 saturated heterocycles. The molecule has 104 valence electrons. The molecule has 0 saturated carbocycles. The predicted octanol–water partition coefficient (Wildman–Crippen LogP) is 2.69. The summed E-state index contributed by atoms with van der Waals surface area (Å²) in [6.45, 7) is 2.41. The molecule has 1 aromatic rings. The van der Waals surface area contributed by atoms with Crippen LogP contribution in [0.3, 0.4) is 0 Å². The van der Waals surface area contributed by atoms with Crippen molar-refractivity contribution in [3.63, 3.8) is 0 Å². The van der Waals surface area contributed by atoms with Gasteiger partial charge < -0.3 is 4.74 Å². The quantitative estimate of drug-likeness (QED) is 0.212. The molecule has 1 aromatic carbocycles. The fourth-order valence-electron chi connectivity index (χ4n) is 1.50. The van der Waals surface area contributed by atoms with Gasteiger partial charge in [-0.05, 0) is 13.8 Å². The van der Waals surface area contributed by atoms with Crippen molar-refractivity contribution >= 4 is 11.8 Å². The van der Waals surface area contributed by atoms with Crippen LogP contribution in [-0.2, 0) is 9.53 Å². The molecule has 0 N–H and O–H groups in total. The third-order valence-corrected chi connectivity index (χ3v) is 2.39. The Labute approximate surface area is 106 Å². The highest BCUT2D eigenvalue weighted by molar-refractivity contribution is 6.07.